The van der Waals surface area contributed by atoms with Crippen molar-refractivity contribution in [2.24, 2.45) is 5.73 Å². The van der Waals surface area contributed by atoms with Gasteiger partial charge in [-0.25, -0.2) is 4.39 Å². The summed E-state index contributed by atoms with van der Waals surface area (Å²) in [4.78, 5) is 12.7. The molecule has 0 heterocycles. The Morgan fingerprint density at radius 2 is 2.20 bits per heavy atom. The predicted molar refractivity (Wildman–Crippen MR) is 56.7 cm³/mol. The molecule has 0 aliphatic rings. The monoisotopic (exact) mass is 210 g/mol. The highest BCUT2D eigenvalue weighted by Gasteiger charge is 2.07. The molecule has 1 amide bonds. The number of carbonyl (C=O) groups excluding carboxylic acids is 1. The molecule has 0 saturated carbocycles. The number of nitrogens with two attached hydrogens (primary N) is 1. The molecule has 4 heteroatoms. The second-order valence-corrected chi connectivity index (χ2v) is 3.54. The van der Waals surface area contributed by atoms with Crippen LogP contribution >= 0.6 is 0 Å². The third-order valence-corrected chi connectivity index (χ3v) is 2.24. The van der Waals surface area contributed by atoms with E-state index in [1.54, 1.807) is 26.1 Å². The molecule has 0 spiro atoms. The standard InChI is InChI=1S/C11H15FN2O/c1-8-5-9(3-4-10(8)12)7-14(2)11(15)6-13/h3-5H,6-7,13H2,1-2H3. The van der Waals surface area contributed by atoms with Crippen molar-refractivity contribution in [2.45, 2.75) is 13.5 Å². The molecule has 1 rings (SSSR count). The Bertz CT molecular complexity index is 366. The van der Waals surface area contributed by atoms with Crippen molar-refractivity contribution in [3.63, 3.8) is 0 Å². The summed E-state index contributed by atoms with van der Waals surface area (Å²) in [5, 5.41) is 0. The van der Waals surface area contributed by atoms with E-state index in [0.29, 0.717) is 12.1 Å². The number of amides is 1. The van der Waals surface area contributed by atoms with Crippen LogP contribution in [0.15, 0.2) is 18.2 Å². The first-order chi connectivity index (χ1) is 7.04. The zero-order chi connectivity index (χ0) is 11.4. The molecular weight excluding hydrogens is 195 g/mol. The fraction of sp³-hybridized carbons (Fsp3) is 0.364. The zero-order valence-electron chi connectivity index (χ0n) is 8.96. The van der Waals surface area contributed by atoms with Gasteiger partial charge in [0.05, 0.1) is 6.54 Å². The highest BCUT2D eigenvalue weighted by molar-refractivity contribution is 5.77. The summed E-state index contributed by atoms with van der Waals surface area (Å²) in [6.07, 6.45) is 0. The lowest BCUT2D eigenvalue weighted by molar-refractivity contribution is -0.128. The second-order valence-electron chi connectivity index (χ2n) is 3.54. The summed E-state index contributed by atoms with van der Waals surface area (Å²) in [6.45, 7) is 2.15. The summed E-state index contributed by atoms with van der Waals surface area (Å²) in [7, 11) is 1.67. The number of hydrogen-bond acceptors (Lipinski definition) is 2. The number of halogens is 1. The number of benzene rings is 1. The molecule has 1 aromatic rings. The topological polar surface area (TPSA) is 46.3 Å². The fourth-order valence-electron chi connectivity index (χ4n) is 1.32. The fourth-order valence-corrected chi connectivity index (χ4v) is 1.32. The number of hydrogen-bond donors (Lipinski definition) is 1. The minimum Gasteiger partial charge on any atom is -0.340 e. The van der Waals surface area contributed by atoms with Gasteiger partial charge in [0.25, 0.3) is 0 Å². The molecule has 3 nitrogen and oxygen atoms in total. The third kappa shape index (κ3) is 3.02. The lowest BCUT2D eigenvalue weighted by Crippen LogP contribution is -2.32. The molecule has 0 saturated heterocycles. The Hall–Kier alpha value is -1.42. The lowest BCUT2D eigenvalue weighted by Gasteiger charge is -2.16. The molecule has 0 aliphatic heterocycles. The van der Waals surface area contributed by atoms with Gasteiger partial charge in [0, 0.05) is 13.6 Å². The van der Waals surface area contributed by atoms with Gasteiger partial charge in [0.1, 0.15) is 5.82 Å². The van der Waals surface area contributed by atoms with Crippen molar-refractivity contribution in [3.05, 3.63) is 35.1 Å². The SMILES string of the molecule is Cc1cc(CN(C)C(=O)CN)ccc1F. The van der Waals surface area contributed by atoms with Crippen molar-refractivity contribution in [1.29, 1.82) is 0 Å². The summed E-state index contributed by atoms with van der Waals surface area (Å²) < 4.78 is 13.0. The lowest BCUT2D eigenvalue weighted by atomic mass is 10.1. The maximum Gasteiger partial charge on any atom is 0.236 e. The van der Waals surface area contributed by atoms with E-state index < -0.39 is 0 Å². The minimum atomic E-state index is -0.230. The predicted octanol–water partition coefficient (Wildman–Crippen LogP) is 1.05. The second kappa shape index (κ2) is 4.89. The van der Waals surface area contributed by atoms with Gasteiger partial charge in [-0.3, -0.25) is 4.79 Å². The molecule has 0 unspecified atom stereocenters. The van der Waals surface area contributed by atoms with Gasteiger partial charge in [0.2, 0.25) is 5.91 Å². The minimum absolute atomic E-state index is 0.00330. The molecule has 15 heavy (non-hydrogen) atoms. The van der Waals surface area contributed by atoms with E-state index in [1.807, 2.05) is 0 Å². The number of likely N-dealkylation sites (N-methyl/N-ethyl adjacent to an activating group) is 1. The van der Waals surface area contributed by atoms with E-state index in [2.05, 4.69) is 0 Å². The van der Waals surface area contributed by atoms with E-state index in [9.17, 15) is 9.18 Å². The van der Waals surface area contributed by atoms with Gasteiger partial charge in [-0.1, -0.05) is 12.1 Å². The van der Waals surface area contributed by atoms with Gasteiger partial charge >= 0.3 is 0 Å². The molecule has 2 N–H and O–H groups in total. The number of nitrogens with zero attached hydrogens (tertiary/aromatic N) is 1. The molecule has 0 atom stereocenters. The van der Waals surface area contributed by atoms with Crippen molar-refractivity contribution in [1.82, 2.24) is 4.90 Å². The van der Waals surface area contributed by atoms with Crippen LogP contribution in [0.4, 0.5) is 4.39 Å². The highest BCUT2D eigenvalue weighted by atomic mass is 19.1. The normalized spacial score (nSPS) is 10.1. The molecule has 0 aromatic heterocycles. The van der Waals surface area contributed by atoms with Crippen molar-refractivity contribution in [3.8, 4) is 0 Å². The molecule has 82 valence electrons. The largest absolute Gasteiger partial charge is 0.340 e. The van der Waals surface area contributed by atoms with Crippen molar-refractivity contribution >= 4 is 5.91 Å². The van der Waals surface area contributed by atoms with Crippen LogP contribution in [-0.4, -0.2) is 24.4 Å². The Labute approximate surface area is 88.7 Å². The van der Waals surface area contributed by atoms with Crippen LogP contribution in [-0.2, 0) is 11.3 Å². The van der Waals surface area contributed by atoms with Crippen LogP contribution in [0.3, 0.4) is 0 Å². The summed E-state index contributed by atoms with van der Waals surface area (Å²) in [5.41, 5.74) is 6.71. The Kier molecular flexibility index (Phi) is 3.80. The number of rotatable bonds is 3. The van der Waals surface area contributed by atoms with Crippen LogP contribution in [0.5, 0.6) is 0 Å². The number of aryl methyl sites for hydroxylation is 1. The maximum absolute atomic E-state index is 13.0. The maximum atomic E-state index is 13.0. The van der Waals surface area contributed by atoms with Gasteiger partial charge < -0.3 is 10.6 Å². The molecular formula is C11H15FN2O. The zero-order valence-corrected chi connectivity index (χ0v) is 8.96. The van der Waals surface area contributed by atoms with E-state index in [0.717, 1.165) is 5.56 Å². The highest BCUT2D eigenvalue weighted by Crippen LogP contribution is 2.10. The molecule has 0 aliphatic carbocycles. The summed E-state index contributed by atoms with van der Waals surface area (Å²) in [6, 6.07) is 4.81. The summed E-state index contributed by atoms with van der Waals surface area (Å²) in [5.74, 6) is -0.358. The van der Waals surface area contributed by atoms with Gasteiger partial charge in [-0.15, -0.1) is 0 Å². The average Bonchev–Trinajstić information content (AvgIpc) is 2.22. The first-order valence-corrected chi connectivity index (χ1v) is 4.73. The van der Waals surface area contributed by atoms with E-state index >= 15 is 0 Å². The van der Waals surface area contributed by atoms with Crippen molar-refractivity contribution < 1.29 is 9.18 Å². The first-order valence-electron chi connectivity index (χ1n) is 4.73. The quantitative estimate of drug-likeness (QED) is 0.810. The third-order valence-electron chi connectivity index (χ3n) is 2.24. The van der Waals surface area contributed by atoms with Crippen LogP contribution in [0.2, 0.25) is 0 Å². The van der Waals surface area contributed by atoms with Crippen LogP contribution in [0, 0.1) is 12.7 Å². The smallest absolute Gasteiger partial charge is 0.236 e. The first kappa shape index (κ1) is 11.7. The molecule has 0 radical (unpaired) electrons. The number of carbonyl (C=O) groups is 1. The summed E-state index contributed by atoms with van der Waals surface area (Å²) >= 11 is 0. The van der Waals surface area contributed by atoms with Crippen LogP contribution in [0.1, 0.15) is 11.1 Å². The molecule has 1 aromatic carbocycles. The van der Waals surface area contributed by atoms with Crippen LogP contribution < -0.4 is 5.73 Å². The van der Waals surface area contributed by atoms with Crippen molar-refractivity contribution in [2.75, 3.05) is 13.6 Å². The molecule has 0 fully saturated rings. The average molecular weight is 210 g/mol. The van der Waals surface area contributed by atoms with E-state index in [1.165, 1.54) is 11.0 Å². The Morgan fingerprint density at radius 1 is 1.53 bits per heavy atom. The van der Waals surface area contributed by atoms with E-state index in [4.69, 9.17) is 5.73 Å². The van der Waals surface area contributed by atoms with E-state index in [-0.39, 0.29) is 18.3 Å². The Morgan fingerprint density at radius 3 is 2.73 bits per heavy atom. The van der Waals surface area contributed by atoms with Gasteiger partial charge in [-0.2, -0.15) is 0 Å². The van der Waals surface area contributed by atoms with Gasteiger partial charge in [-0.05, 0) is 24.1 Å². The van der Waals surface area contributed by atoms with Gasteiger partial charge in [0.15, 0.2) is 0 Å². The Balaban J connectivity index is 2.73. The van der Waals surface area contributed by atoms with Crippen LogP contribution in [0.25, 0.3) is 0 Å². The molecule has 0 bridgehead atoms.